The van der Waals surface area contributed by atoms with E-state index in [0.29, 0.717) is 25.6 Å². The van der Waals surface area contributed by atoms with Gasteiger partial charge in [0.1, 0.15) is 5.82 Å². The van der Waals surface area contributed by atoms with Crippen molar-refractivity contribution < 1.29 is 9.18 Å². The van der Waals surface area contributed by atoms with Crippen LogP contribution in [0.4, 0.5) is 4.39 Å². The molecule has 2 aromatic rings. The Morgan fingerprint density at radius 1 is 1.32 bits per heavy atom. The minimum atomic E-state index is -0.526. The highest BCUT2D eigenvalue weighted by atomic mass is 32.1. The molecule has 134 valence electrons. The number of amides is 1. The lowest BCUT2D eigenvalue weighted by atomic mass is 10.2. The van der Waals surface area contributed by atoms with Crippen LogP contribution < -0.4 is 10.6 Å². The third-order valence-electron chi connectivity index (χ3n) is 3.45. The maximum atomic E-state index is 13.5. The number of aryl methyl sites for hydroxylation is 1. The minimum absolute atomic E-state index is 0.0444. The molecule has 1 heterocycles. The van der Waals surface area contributed by atoms with Gasteiger partial charge >= 0.3 is 0 Å². The number of nitrogens with one attached hydrogen (secondary N) is 2. The molecule has 2 N–H and O–H groups in total. The van der Waals surface area contributed by atoms with Crippen LogP contribution >= 0.6 is 11.3 Å². The lowest BCUT2D eigenvalue weighted by Crippen LogP contribution is -2.42. The molecule has 6 nitrogen and oxygen atoms in total. The third-order valence-corrected chi connectivity index (χ3v) is 4.27. The summed E-state index contributed by atoms with van der Waals surface area (Å²) in [5, 5.41) is 8.90. The second-order valence-corrected chi connectivity index (χ2v) is 6.49. The van der Waals surface area contributed by atoms with E-state index in [1.165, 1.54) is 12.1 Å². The topological polar surface area (TPSA) is 69.6 Å². The van der Waals surface area contributed by atoms with Gasteiger partial charge in [0.15, 0.2) is 5.96 Å². The van der Waals surface area contributed by atoms with E-state index >= 15 is 0 Å². The van der Waals surface area contributed by atoms with E-state index in [-0.39, 0.29) is 5.56 Å². The van der Waals surface area contributed by atoms with Gasteiger partial charge in [0.2, 0.25) is 0 Å². The number of benzene rings is 1. The average Bonchev–Trinajstić information content (AvgIpc) is 2.99. The molecule has 8 heteroatoms. The first-order chi connectivity index (χ1) is 12.0. The SMILES string of the molecule is CN=C(NCCNC(=O)c1ccccc1F)N(C)Cc1csc(C)n1. The number of carbonyl (C=O) groups excluding carboxylic acids is 1. The van der Waals surface area contributed by atoms with E-state index in [9.17, 15) is 9.18 Å². The van der Waals surface area contributed by atoms with Gasteiger partial charge in [-0.1, -0.05) is 12.1 Å². The summed E-state index contributed by atoms with van der Waals surface area (Å²) < 4.78 is 13.5. The molecule has 0 aliphatic heterocycles. The van der Waals surface area contributed by atoms with E-state index in [1.54, 1.807) is 30.5 Å². The van der Waals surface area contributed by atoms with E-state index in [2.05, 4.69) is 20.6 Å². The first kappa shape index (κ1) is 18.9. The summed E-state index contributed by atoms with van der Waals surface area (Å²) in [4.78, 5) is 22.5. The van der Waals surface area contributed by atoms with Crippen LogP contribution in [0.2, 0.25) is 0 Å². The molecule has 0 aliphatic rings. The van der Waals surface area contributed by atoms with E-state index < -0.39 is 11.7 Å². The quantitative estimate of drug-likeness (QED) is 0.468. The second-order valence-electron chi connectivity index (χ2n) is 5.42. The van der Waals surface area contributed by atoms with Gasteiger partial charge in [0, 0.05) is 32.6 Å². The predicted molar refractivity (Wildman–Crippen MR) is 98.4 cm³/mol. The first-order valence-corrected chi connectivity index (χ1v) is 8.74. The molecule has 0 aliphatic carbocycles. The summed E-state index contributed by atoms with van der Waals surface area (Å²) in [6.07, 6.45) is 0. The molecule has 25 heavy (non-hydrogen) atoms. The Hall–Kier alpha value is -2.48. The van der Waals surface area contributed by atoms with Crippen molar-refractivity contribution in [2.24, 2.45) is 4.99 Å². The van der Waals surface area contributed by atoms with E-state index in [0.717, 1.165) is 10.7 Å². The summed E-state index contributed by atoms with van der Waals surface area (Å²) in [5.41, 5.74) is 1.03. The minimum Gasteiger partial charge on any atom is -0.354 e. The molecule has 1 aromatic heterocycles. The molecule has 0 unspecified atom stereocenters. The van der Waals surface area contributed by atoms with Crippen LogP contribution in [-0.4, -0.2) is 48.9 Å². The van der Waals surface area contributed by atoms with Crippen LogP contribution in [0, 0.1) is 12.7 Å². The summed E-state index contributed by atoms with van der Waals surface area (Å²) in [7, 11) is 3.62. The smallest absolute Gasteiger partial charge is 0.254 e. The Labute approximate surface area is 150 Å². The Morgan fingerprint density at radius 2 is 2.04 bits per heavy atom. The van der Waals surface area contributed by atoms with Gasteiger partial charge in [0.05, 0.1) is 22.8 Å². The summed E-state index contributed by atoms with van der Waals surface area (Å²) >= 11 is 1.61. The van der Waals surface area contributed by atoms with Crippen LogP contribution in [0.15, 0.2) is 34.6 Å². The van der Waals surface area contributed by atoms with E-state index in [4.69, 9.17) is 0 Å². The number of hydrogen-bond acceptors (Lipinski definition) is 4. The zero-order chi connectivity index (χ0) is 18.2. The fraction of sp³-hybridized carbons (Fsp3) is 0.353. The predicted octanol–water partition coefficient (Wildman–Crippen LogP) is 2.03. The lowest BCUT2D eigenvalue weighted by molar-refractivity contribution is 0.0950. The summed E-state index contributed by atoms with van der Waals surface area (Å²) in [6, 6.07) is 5.91. The lowest BCUT2D eigenvalue weighted by Gasteiger charge is -2.21. The molecular weight excluding hydrogens is 341 g/mol. The number of aliphatic imine (C=N–C) groups is 1. The van der Waals surface area contributed by atoms with Crippen LogP contribution in [0.5, 0.6) is 0 Å². The Kier molecular flexibility index (Phi) is 6.88. The second kappa shape index (κ2) is 9.12. The normalized spacial score (nSPS) is 11.3. The maximum absolute atomic E-state index is 13.5. The van der Waals surface area contributed by atoms with Crippen molar-refractivity contribution >= 4 is 23.2 Å². The van der Waals surface area contributed by atoms with Crippen LogP contribution in [0.3, 0.4) is 0 Å². The van der Waals surface area contributed by atoms with Gasteiger partial charge < -0.3 is 15.5 Å². The van der Waals surface area contributed by atoms with Crippen molar-refractivity contribution in [2.45, 2.75) is 13.5 Å². The van der Waals surface area contributed by atoms with Crippen LogP contribution in [0.25, 0.3) is 0 Å². The number of guanidine groups is 1. The van der Waals surface area contributed by atoms with Crippen molar-refractivity contribution in [3.05, 3.63) is 51.7 Å². The summed E-state index contributed by atoms with van der Waals surface area (Å²) in [5.74, 6) is -0.256. The van der Waals surface area contributed by atoms with Crippen molar-refractivity contribution in [1.29, 1.82) is 0 Å². The highest BCUT2D eigenvalue weighted by Crippen LogP contribution is 2.09. The summed E-state index contributed by atoms with van der Waals surface area (Å²) in [6.45, 7) is 3.45. The van der Waals surface area contributed by atoms with Gasteiger partial charge in [-0.25, -0.2) is 9.37 Å². The van der Waals surface area contributed by atoms with E-state index in [1.807, 2.05) is 24.3 Å². The Bertz CT molecular complexity index is 746. The average molecular weight is 363 g/mol. The maximum Gasteiger partial charge on any atom is 0.254 e. The number of nitrogens with zero attached hydrogens (tertiary/aromatic N) is 3. The van der Waals surface area contributed by atoms with Crippen molar-refractivity contribution in [2.75, 3.05) is 27.2 Å². The van der Waals surface area contributed by atoms with Gasteiger partial charge in [0.25, 0.3) is 5.91 Å². The number of halogens is 1. The molecule has 0 radical (unpaired) electrons. The molecule has 0 bridgehead atoms. The number of thiazole rings is 1. The number of rotatable bonds is 6. The standard InChI is InChI=1S/C17H22FN5OS/c1-12-22-13(11-25-12)10-23(3)17(19-2)21-9-8-20-16(24)14-6-4-5-7-15(14)18/h4-7,11H,8-10H2,1-3H3,(H,19,21)(H,20,24). The van der Waals surface area contributed by atoms with Gasteiger partial charge in [-0.3, -0.25) is 9.79 Å². The molecule has 2 rings (SSSR count). The molecule has 1 aromatic carbocycles. The molecule has 1 amide bonds. The molecule has 0 saturated heterocycles. The number of hydrogen-bond donors (Lipinski definition) is 2. The van der Waals surface area contributed by atoms with Gasteiger partial charge in [-0.15, -0.1) is 11.3 Å². The third kappa shape index (κ3) is 5.53. The number of aromatic nitrogens is 1. The highest BCUT2D eigenvalue weighted by Gasteiger charge is 2.11. The van der Waals surface area contributed by atoms with Gasteiger partial charge in [-0.05, 0) is 19.1 Å². The van der Waals surface area contributed by atoms with Crippen LogP contribution in [0.1, 0.15) is 21.1 Å². The zero-order valence-corrected chi connectivity index (χ0v) is 15.4. The molecule has 0 atom stereocenters. The fourth-order valence-electron chi connectivity index (χ4n) is 2.27. The zero-order valence-electron chi connectivity index (χ0n) is 14.5. The molecular formula is C17H22FN5OS. The van der Waals surface area contributed by atoms with Crippen molar-refractivity contribution in [1.82, 2.24) is 20.5 Å². The molecule has 0 saturated carbocycles. The first-order valence-electron chi connectivity index (χ1n) is 7.86. The monoisotopic (exact) mass is 363 g/mol. The fourth-order valence-corrected chi connectivity index (χ4v) is 2.88. The van der Waals surface area contributed by atoms with Gasteiger partial charge in [-0.2, -0.15) is 0 Å². The molecule has 0 fully saturated rings. The van der Waals surface area contributed by atoms with Crippen molar-refractivity contribution in [3.8, 4) is 0 Å². The highest BCUT2D eigenvalue weighted by molar-refractivity contribution is 7.09. The Morgan fingerprint density at radius 3 is 2.68 bits per heavy atom. The Balaban J connectivity index is 1.77. The largest absolute Gasteiger partial charge is 0.354 e. The van der Waals surface area contributed by atoms with Crippen molar-refractivity contribution in [3.63, 3.8) is 0 Å². The molecule has 0 spiro atoms. The number of carbonyl (C=O) groups is 1. The van der Waals surface area contributed by atoms with Crippen LogP contribution in [-0.2, 0) is 6.54 Å².